The van der Waals surface area contributed by atoms with Gasteiger partial charge in [0, 0.05) is 5.08 Å². The summed E-state index contributed by atoms with van der Waals surface area (Å²) < 4.78 is 1.65. The van der Waals surface area contributed by atoms with Crippen LogP contribution in [0.3, 0.4) is 0 Å². The van der Waals surface area contributed by atoms with Crippen LogP contribution in [0.5, 0.6) is 0 Å². The molecule has 49 heavy (non-hydrogen) atoms. The zero-order chi connectivity index (χ0) is 35.1. The van der Waals surface area contributed by atoms with Crippen LogP contribution in [-0.2, 0) is 0 Å². The van der Waals surface area contributed by atoms with Gasteiger partial charge >= 0.3 is 391 Å². The molecule has 4 fully saturated rings. The molecular weight excluding hydrogens is 1840 g/mol. The van der Waals surface area contributed by atoms with Crippen LogP contribution in [0.4, 0.5) is 0 Å². The van der Waals surface area contributed by atoms with Gasteiger partial charge in [0.1, 0.15) is 0 Å². The molecule has 0 amide bonds. The number of rotatable bonds is 17. The summed E-state index contributed by atoms with van der Waals surface area (Å²) in [5.74, 6) is 3.92. The zero-order valence-electron chi connectivity index (χ0n) is 27.5. The van der Waals surface area contributed by atoms with E-state index in [0.29, 0.717) is 0 Å². The molecule has 0 aromatic rings. The van der Waals surface area contributed by atoms with Gasteiger partial charge in [-0.05, 0) is 11.5 Å². The molecule has 16 radical (unpaired) electrons. The van der Waals surface area contributed by atoms with Gasteiger partial charge in [-0.3, -0.25) is 0 Å². The molecule has 4 rings (SSSR count). The summed E-state index contributed by atoms with van der Waals surface area (Å²) in [5.41, 5.74) is 0. The molecule has 286 valence electrons. The molecule has 0 aromatic carbocycles. The van der Waals surface area contributed by atoms with Crippen molar-refractivity contribution in [3.63, 3.8) is 0 Å². The topological polar surface area (TPSA) is 0 Å². The number of hydrogen-bond donors (Lipinski definition) is 0. The van der Waals surface area contributed by atoms with Gasteiger partial charge < -0.3 is 0 Å². The van der Waals surface area contributed by atoms with Crippen molar-refractivity contribution in [3.05, 3.63) is 0 Å². The summed E-state index contributed by atoms with van der Waals surface area (Å²) in [5, 5.41) is 7.63. The molecule has 4 heterocycles. The first kappa shape index (κ1) is 69.0. The Balaban J connectivity index is -0.000000262. The summed E-state index contributed by atoms with van der Waals surface area (Å²) in [4.78, 5) is 0. The monoisotopic (exact) mass is 1900 g/mol. The average Bonchev–Trinajstić information content (AvgIpc) is 2.95. The number of thioether (sulfide) groups is 4. The standard InChI is InChI=1S/C5H12S2.C4H10S4.2C2H6S.CH4S4.3CH4S2.2CH4S.2CH4.8Sn/c1-5(2)7-4-6-3;1-2-7-3-8-4(5)6;2*1-2-3;2-1(3,4)5;3*2-1-3;2*1-2;;;;;;;;;;/h5H,4H2,1-3H3;4-6H,2-3H2,1H3;2*3H,2H2,1H3;2-5H;3*2-3H,1H2;2*2H,1H3;2*1H4;;;;;;;;/q;;;;;;;;;;;;8*+2/p-16. The molecule has 0 N–H and O–H groups in total. The quantitative estimate of drug-likeness (QED) is 0.0770. The minimum absolute atomic E-state index is 0. The first-order valence-corrected chi connectivity index (χ1v) is 89.2. The molecule has 4 aliphatic rings. The molecule has 1 spiro atoms. The fraction of sp³-hybridized carbons (Fsp3) is 1.00. The van der Waals surface area contributed by atoms with E-state index in [-0.39, 0.29) is 162 Å². The van der Waals surface area contributed by atoms with Gasteiger partial charge in [0.2, 0.25) is 0 Å². The van der Waals surface area contributed by atoms with E-state index in [1.165, 1.54) is 42.7 Å². The van der Waals surface area contributed by atoms with Gasteiger partial charge in [0.05, 0.1) is 0 Å². The van der Waals surface area contributed by atoms with E-state index in [4.69, 9.17) is 0 Å². The summed E-state index contributed by atoms with van der Waals surface area (Å²) in [6, 6.07) is 0. The van der Waals surface area contributed by atoms with Crippen molar-refractivity contribution in [2.45, 2.75) is 61.4 Å². The molecule has 28 heteroatoms. The molecule has 0 aliphatic carbocycles. The van der Waals surface area contributed by atoms with Crippen molar-refractivity contribution in [1.29, 1.82) is 0 Å². The van der Waals surface area contributed by atoms with Crippen molar-refractivity contribution in [2.24, 2.45) is 0 Å². The van der Waals surface area contributed by atoms with E-state index in [1.807, 2.05) is 41.4 Å². The van der Waals surface area contributed by atoms with Crippen LogP contribution in [0, 0.1) is 0 Å². The average molecular weight is 1890 g/mol. The number of hydrogen-bond acceptors (Lipinski definition) is 20. The van der Waals surface area contributed by atoms with E-state index in [0.717, 1.165) is 11.9 Å². The van der Waals surface area contributed by atoms with Crippen LogP contribution in [0.2, 0.25) is 0 Å². The van der Waals surface area contributed by atoms with Gasteiger partial charge in [-0.15, -0.1) is 11.8 Å². The van der Waals surface area contributed by atoms with Gasteiger partial charge in [-0.25, -0.2) is 0 Å². The van der Waals surface area contributed by atoms with E-state index in [1.54, 1.807) is 0 Å². The molecule has 0 atom stereocenters. The van der Waals surface area contributed by atoms with Crippen molar-refractivity contribution >= 4 is 337 Å². The van der Waals surface area contributed by atoms with E-state index in [9.17, 15) is 0 Å². The molecule has 0 aromatic heterocycles. The minimum atomic E-state index is -0.168. The van der Waals surface area contributed by atoms with Gasteiger partial charge in [0.25, 0.3) is 0 Å². The molecule has 4 aliphatic heterocycles. The maximum absolute atomic E-state index is 2.32. The molecular formula is C21H50S20Sn8. The predicted molar refractivity (Wildman–Crippen MR) is 307 cm³/mol. The van der Waals surface area contributed by atoms with Gasteiger partial charge in [0.15, 0.2) is 0 Å². The summed E-state index contributed by atoms with van der Waals surface area (Å²) >= 11 is 8.46. The molecule has 4 saturated heterocycles. The second-order valence-electron chi connectivity index (χ2n) is 6.99. The molecule has 0 bridgehead atoms. The second kappa shape index (κ2) is 59.4. The van der Waals surface area contributed by atoms with Crippen molar-refractivity contribution < 1.29 is 0 Å². The van der Waals surface area contributed by atoms with E-state index >= 15 is 0 Å². The van der Waals surface area contributed by atoms with E-state index < -0.39 is 0 Å². The van der Waals surface area contributed by atoms with Crippen molar-refractivity contribution in [2.75, 3.05) is 61.5 Å². The van der Waals surface area contributed by atoms with Gasteiger partial charge in [-0.2, -0.15) is 11.8 Å². The zero-order valence-corrected chi connectivity index (χ0v) is 66.6. The summed E-state index contributed by atoms with van der Waals surface area (Å²) in [6.07, 6.45) is 6.50. The molecule has 0 nitrogen and oxygen atoms in total. The Morgan fingerprint density at radius 1 is 0.592 bits per heavy atom. The SMILES string of the molecule is C.C.C1[S][Sn][S]1.C1[S][Sn][S]C[S][Sn][S]1.CCSCSC([S][Sn][S]CC)[S][Sn][S]CC.CSCSC(C)C.C[S][Sn][S]C.[S]1[Sn][S]C12[S][Sn][S]2. The van der Waals surface area contributed by atoms with Crippen LogP contribution in [0.1, 0.15) is 49.5 Å². The van der Waals surface area contributed by atoms with Crippen LogP contribution >= 0.6 is 190 Å². The van der Waals surface area contributed by atoms with Crippen molar-refractivity contribution in [3.8, 4) is 0 Å². The fourth-order valence-corrected chi connectivity index (χ4v) is 162. The van der Waals surface area contributed by atoms with Crippen LogP contribution in [0.15, 0.2) is 0 Å². The van der Waals surface area contributed by atoms with E-state index in [2.05, 4.69) is 202 Å². The van der Waals surface area contributed by atoms with Crippen molar-refractivity contribution in [1.82, 2.24) is 0 Å². The first-order valence-electron chi connectivity index (χ1n) is 13.3. The predicted octanol–water partition coefficient (Wildman–Crippen LogP) is 14.2. The fourth-order valence-electron chi connectivity index (χ4n) is 1.43. The third-order valence-corrected chi connectivity index (χ3v) is 129. The normalized spacial score (nSPS) is 16.8. The van der Waals surface area contributed by atoms with Crippen LogP contribution < -0.4 is 0 Å². The Hall–Kier alpha value is 13.4. The Labute approximate surface area is 448 Å². The second-order valence-corrected chi connectivity index (χ2v) is 104. The van der Waals surface area contributed by atoms with Gasteiger partial charge in [-0.1, -0.05) is 28.7 Å². The Morgan fingerprint density at radius 3 is 1.24 bits per heavy atom. The molecule has 0 unspecified atom stereocenters. The Bertz CT molecular complexity index is 523. The summed E-state index contributed by atoms with van der Waals surface area (Å²) in [7, 11) is 35.7. The first-order chi connectivity index (χ1) is 22.9. The van der Waals surface area contributed by atoms with Crippen LogP contribution in [0.25, 0.3) is 0 Å². The molecule has 0 saturated carbocycles. The third kappa shape index (κ3) is 55.6. The maximum atomic E-state index is 2.32. The Kier molecular flexibility index (Phi) is 83.6. The van der Waals surface area contributed by atoms with Crippen LogP contribution in [-0.4, -0.2) is 220 Å². The Morgan fingerprint density at radius 2 is 1.02 bits per heavy atom. The summed E-state index contributed by atoms with van der Waals surface area (Å²) in [6.45, 7) is 11.3. The third-order valence-electron chi connectivity index (χ3n) is 3.25.